The Morgan fingerprint density at radius 1 is 1.13 bits per heavy atom. The summed E-state index contributed by atoms with van der Waals surface area (Å²) in [6, 6.07) is 14.7. The Morgan fingerprint density at radius 3 is 2.33 bits per heavy atom. The first-order valence-corrected chi connectivity index (χ1v) is 10.4. The topological polar surface area (TPSA) is 73.6 Å². The quantitative estimate of drug-likeness (QED) is 0.447. The molecule has 2 aromatic rings. The van der Waals surface area contributed by atoms with Crippen LogP contribution < -0.4 is 4.74 Å². The molecule has 2 aromatic carbocycles. The smallest absolute Gasteiger partial charge is 0.155 e. The van der Waals surface area contributed by atoms with E-state index in [-0.39, 0.29) is 23.4 Å². The van der Waals surface area contributed by atoms with Gasteiger partial charge in [-0.05, 0) is 55.2 Å². The first-order chi connectivity index (χ1) is 14.1. The Bertz CT molecular complexity index is 893. The molecule has 0 aliphatic carbocycles. The van der Waals surface area contributed by atoms with Gasteiger partial charge in [0.1, 0.15) is 22.9 Å². The minimum Gasteiger partial charge on any atom is -0.508 e. The number of carbonyl (C=O) groups is 1. The highest BCUT2D eigenvalue weighted by Crippen LogP contribution is 2.30. The molecular weight excluding hydrogens is 376 g/mol. The first-order valence-electron chi connectivity index (χ1n) is 10.4. The lowest BCUT2D eigenvalue weighted by atomic mass is 9.84. The lowest BCUT2D eigenvalue weighted by Crippen LogP contribution is -2.56. The van der Waals surface area contributed by atoms with Crippen molar-refractivity contribution in [3.8, 4) is 11.5 Å². The third-order valence-corrected chi connectivity index (χ3v) is 6.01. The van der Waals surface area contributed by atoms with E-state index >= 15 is 0 Å². The van der Waals surface area contributed by atoms with E-state index in [4.69, 9.17) is 10.1 Å². The van der Waals surface area contributed by atoms with Crippen LogP contribution in [0.1, 0.15) is 45.7 Å². The van der Waals surface area contributed by atoms with Crippen molar-refractivity contribution in [3.63, 3.8) is 0 Å². The molecule has 2 rings (SSSR count). The van der Waals surface area contributed by atoms with Crippen molar-refractivity contribution in [2.24, 2.45) is 11.8 Å². The number of nitrogens with one attached hydrogen (secondary N) is 1. The molecule has 0 saturated carbocycles. The van der Waals surface area contributed by atoms with Crippen molar-refractivity contribution in [2.45, 2.75) is 53.1 Å². The number of benzene rings is 2. The predicted octanol–water partition coefficient (Wildman–Crippen LogP) is 5.06. The number of methoxy groups -OCH3 is 1. The van der Waals surface area contributed by atoms with Crippen LogP contribution in [-0.4, -0.2) is 34.3 Å². The van der Waals surface area contributed by atoms with E-state index < -0.39 is 5.54 Å². The fourth-order valence-electron chi connectivity index (χ4n) is 3.51. The van der Waals surface area contributed by atoms with Gasteiger partial charge in [0.25, 0.3) is 0 Å². The fraction of sp³-hybridized carbons (Fsp3) is 0.440. The van der Waals surface area contributed by atoms with Gasteiger partial charge in [-0.3, -0.25) is 10.2 Å². The third-order valence-electron chi connectivity index (χ3n) is 6.01. The lowest BCUT2D eigenvalue weighted by molar-refractivity contribution is -0.126. The predicted molar refractivity (Wildman–Crippen MR) is 121 cm³/mol. The van der Waals surface area contributed by atoms with E-state index in [2.05, 4.69) is 13.8 Å². The molecule has 2 unspecified atom stereocenters. The summed E-state index contributed by atoms with van der Waals surface area (Å²) in [5, 5.41) is 18.9. The lowest BCUT2D eigenvalue weighted by Gasteiger charge is -2.43. The Morgan fingerprint density at radius 2 is 1.77 bits per heavy atom. The number of aromatic hydroxyl groups is 1. The summed E-state index contributed by atoms with van der Waals surface area (Å²) in [5.41, 5.74) is 0.907. The molecular formula is C25H34N2O3. The molecule has 0 heterocycles. The standard InChI is InChI=1S/C25H34N2O3/c1-17(2)18(3)24(26)27(16-21-10-7-11-22(29)13-21)25(5,19(4)28)15-20-9-8-12-23(14-20)30-6/h7-14,17-18,26,29H,15-16H2,1-6H3. The van der Waals surface area contributed by atoms with Crippen LogP contribution in [0, 0.1) is 17.2 Å². The summed E-state index contributed by atoms with van der Waals surface area (Å²) in [5.74, 6) is 1.57. The van der Waals surface area contributed by atoms with Gasteiger partial charge >= 0.3 is 0 Å². The Kier molecular flexibility index (Phi) is 7.65. The molecule has 2 atom stereocenters. The van der Waals surface area contributed by atoms with Crippen LogP contribution in [0.5, 0.6) is 11.5 Å². The summed E-state index contributed by atoms with van der Waals surface area (Å²) in [6.07, 6.45) is 0.450. The molecule has 0 aliphatic rings. The van der Waals surface area contributed by atoms with Gasteiger partial charge in [-0.2, -0.15) is 0 Å². The number of phenolic OH excluding ortho intramolecular Hbond substituents is 1. The molecule has 0 fully saturated rings. The summed E-state index contributed by atoms with van der Waals surface area (Å²) in [7, 11) is 1.62. The van der Waals surface area contributed by atoms with Crippen molar-refractivity contribution in [3.05, 3.63) is 59.7 Å². The van der Waals surface area contributed by atoms with Crippen LogP contribution in [0.4, 0.5) is 0 Å². The summed E-state index contributed by atoms with van der Waals surface area (Å²) >= 11 is 0. The van der Waals surface area contributed by atoms with E-state index in [0.29, 0.717) is 18.8 Å². The number of hydrogen-bond acceptors (Lipinski definition) is 4. The normalized spacial score (nSPS) is 14.1. The molecule has 0 saturated heterocycles. The Labute approximate surface area is 180 Å². The molecule has 0 bridgehead atoms. The summed E-state index contributed by atoms with van der Waals surface area (Å²) in [4.78, 5) is 14.9. The van der Waals surface area contributed by atoms with Crippen molar-refractivity contribution in [1.29, 1.82) is 5.41 Å². The Balaban J connectivity index is 2.51. The SMILES string of the molecule is COc1cccc(CC(C)(C(C)=O)N(Cc2cccc(O)c2)C(=N)C(C)C(C)C)c1. The minimum atomic E-state index is -0.919. The van der Waals surface area contributed by atoms with Crippen LogP contribution >= 0.6 is 0 Å². The maximum absolute atomic E-state index is 13.0. The second kappa shape index (κ2) is 9.79. The molecule has 0 amide bonds. The van der Waals surface area contributed by atoms with Crippen LogP contribution in [0.15, 0.2) is 48.5 Å². The molecule has 0 aliphatic heterocycles. The third kappa shape index (κ3) is 5.41. The maximum atomic E-state index is 13.0. The van der Waals surface area contributed by atoms with Gasteiger partial charge in [-0.1, -0.05) is 45.0 Å². The maximum Gasteiger partial charge on any atom is 0.155 e. The average Bonchev–Trinajstić information content (AvgIpc) is 2.70. The number of Topliss-reactive ketones (excluding diaryl/α,β-unsaturated/α-hetero) is 1. The first kappa shape index (κ1) is 23.5. The largest absolute Gasteiger partial charge is 0.508 e. The van der Waals surface area contributed by atoms with Gasteiger partial charge in [0, 0.05) is 18.9 Å². The highest BCUT2D eigenvalue weighted by molar-refractivity contribution is 5.93. The van der Waals surface area contributed by atoms with E-state index in [9.17, 15) is 9.90 Å². The molecule has 5 nitrogen and oxygen atoms in total. The molecule has 0 aromatic heterocycles. The number of amidine groups is 1. The van der Waals surface area contributed by atoms with Crippen molar-refractivity contribution in [2.75, 3.05) is 7.11 Å². The van der Waals surface area contributed by atoms with Gasteiger partial charge in [0.2, 0.25) is 0 Å². The minimum absolute atomic E-state index is 0.00817. The summed E-state index contributed by atoms with van der Waals surface area (Å²) in [6.45, 7) is 10.0. The summed E-state index contributed by atoms with van der Waals surface area (Å²) < 4.78 is 5.35. The Hall–Kier alpha value is -2.82. The monoisotopic (exact) mass is 410 g/mol. The highest BCUT2D eigenvalue weighted by Gasteiger charge is 2.40. The second-order valence-electron chi connectivity index (χ2n) is 8.53. The van der Waals surface area contributed by atoms with E-state index in [1.807, 2.05) is 49.1 Å². The van der Waals surface area contributed by atoms with Gasteiger partial charge < -0.3 is 14.7 Å². The molecule has 5 heteroatoms. The van der Waals surface area contributed by atoms with E-state index in [0.717, 1.165) is 16.9 Å². The van der Waals surface area contributed by atoms with Crippen molar-refractivity contribution in [1.82, 2.24) is 4.90 Å². The zero-order chi connectivity index (χ0) is 22.5. The molecule has 2 N–H and O–H groups in total. The number of ether oxygens (including phenoxy) is 1. The number of nitrogens with zero attached hydrogens (tertiary/aromatic N) is 1. The fourth-order valence-corrected chi connectivity index (χ4v) is 3.51. The van der Waals surface area contributed by atoms with Crippen LogP contribution in [0.25, 0.3) is 0 Å². The number of ketones is 1. The van der Waals surface area contributed by atoms with Crippen LogP contribution in [0.2, 0.25) is 0 Å². The zero-order valence-electron chi connectivity index (χ0n) is 18.9. The van der Waals surface area contributed by atoms with Gasteiger partial charge in [-0.15, -0.1) is 0 Å². The van der Waals surface area contributed by atoms with Crippen molar-refractivity contribution < 1.29 is 14.6 Å². The number of phenols is 1. The van der Waals surface area contributed by atoms with Crippen LogP contribution in [0.3, 0.4) is 0 Å². The zero-order valence-corrected chi connectivity index (χ0v) is 18.9. The second-order valence-corrected chi connectivity index (χ2v) is 8.53. The van der Waals surface area contributed by atoms with Gasteiger partial charge in [0.05, 0.1) is 7.11 Å². The molecule has 0 spiro atoms. The molecule has 30 heavy (non-hydrogen) atoms. The highest BCUT2D eigenvalue weighted by atomic mass is 16.5. The number of hydrogen-bond donors (Lipinski definition) is 2. The number of rotatable bonds is 9. The average molecular weight is 411 g/mol. The van der Waals surface area contributed by atoms with Gasteiger partial charge in [0.15, 0.2) is 5.78 Å². The molecule has 0 radical (unpaired) electrons. The van der Waals surface area contributed by atoms with E-state index in [1.54, 1.807) is 32.2 Å². The van der Waals surface area contributed by atoms with Gasteiger partial charge in [-0.25, -0.2) is 0 Å². The van der Waals surface area contributed by atoms with Crippen molar-refractivity contribution >= 4 is 11.6 Å². The molecule has 162 valence electrons. The van der Waals surface area contributed by atoms with Crippen LogP contribution in [-0.2, 0) is 17.8 Å². The number of carbonyl (C=O) groups excluding carboxylic acids is 1. The van der Waals surface area contributed by atoms with E-state index in [1.165, 1.54) is 0 Å².